The van der Waals surface area contributed by atoms with Gasteiger partial charge in [-0.05, 0) is 6.92 Å². The van der Waals surface area contributed by atoms with Crippen molar-refractivity contribution in [2.75, 3.05) is 12.9 Å². The minimum atomic E-state index is -0.921. The van der Waals surface area contributed by atoms with Gasteiger partial charge in [-0.25, -0.2) is 0 Å². The number of rotatable bonds is 7. The smallest absolute Gasteiger partial charge is 0.313 e. The molecule has 0 saturated carbocycles. The summed E-state index contributed by atoms with van der Waals surface area (Å²) in [6.45, 7) is 2.10. The lowest BCUT2D eigenvalue weighted by atomic mass is 10.4. The molecule has 7 nitrogen and oxygen atoms in total. The summed E-state index contributed by atoms with van der Waals surface area (Å²) in [5.41, 5.74) is 0. The molecule has 1 aromatic heterocycles. The Hall–Kier alpha value is -1.12. The molecule has 1 atom stereocenters. The van der Waals surface area contributed by atoms with Crippen LogP contribution in [0, 0.1) is 0 Å². The minimum absolute atomic E-state index is 0.0690. The second-order valence-electron chi connectivity index (χ2n) is 3.40. The molecule has 0 saturated heterocycles. The Morgan fingerprint density at radius 3 is 2.82 bits per heavy atom. The maximum Gasteiger partial charge on any atom is 0.313 e. The molecule has 0 aliphatic carbocycles. The number of carboxylic acids is 1. The fraction of sp³-hybridized carbons (Fsp3) is 0.667. The van der Waals surface area contributed by atoms with Gasteiger partial charge in [0.1, 0.15) is 6.61 Å². The van der Waals surface area contributed by atoms with Gasteiger partial charge in [-0.15, -0.1) is 10.2 Å². The molecule has 1 unspecified atom stereocenters. The molecule has 2 N–H and O–H groups in total. The van der Waals surface area contributed by atoms with Crippen molar-refractivity contribution in [2.45, 2.75) is 31.3 Å². The summed E-state index contributed by atoms with van der Waals surface area (Å²) in [5, 5.41) is 25.8. The molecule has 1 rings (SSSR count). The molecular weight excluding hydrogens is 246 g/mol. The average molecular weight is 261 g/mol. The number of aromatic nitrogens is 3. The monoisotopic (exact) mass is 261 g/mol. The van der Waals surface area contributed by atoms with Crippen LogP contribution >= 0.6 is 11.8 Å². The van der Waals surface area contributed by atoms with Gasteiger partial charge in [-0.2, -0.15) is 0 Å². The van der Waals surface area contributed by atoms with Crippen molar-refractivity contribution in [2.24, 2.45) is 0 Å². The minimum Gasteiger partial charge on any atom is -0.481 e. The predicted octanol–water partition coefficient (Wildman–Crippen LogP) is -0.0180. The highest BCUT2D eigenvalue weighted by Crippen LogP contribution is 2.17. The van der Waals surface area contributed by atoms with Crippen molar-refractivity contribution in [1.82, 2.24) is 14.8 Å². The molecule has 0 amide bonds. The Kier molecular flexibility index (Phi) is 5.39. The molecule has 1 aromatic rings. The number of hydrogen-bond donors (Lipinski definition) is 2. The summed E-state index contributed by atoms with van der Waals surface area (Å²) in [5.74, 6) is -0.609. The number of aliphatic carboxylic acids is 1. The number of carbonyl (C=O) groups is 1. The third-order valence-corrected chi connectivity index (χ3v) is 3.05. The first-order chi connectivity index (χ1) is 8.08. The number of hydrogen-bond acceptors (Lipinski definition) is 6. The van der Waals surface area contributed by atoms with Crippen molar-refractivity contribution in [3.8, 4) is 0 Å². The number of thioether (sulfide) groups is 1. The Morgan fingerprint density at radius 1 is 1.59 bits per heavy atom. The van der Waals surface area contributed by atoms with Crippen LogP contribution in [0.4, 0.5) is 0 Å². The standard InChI is InChI=1S/C9H15N3O4S/c1-6(16-2)3-12-7(4-13)10-11-9(12)17-5-8(14)15/h6,13H,3-5H2,1-2H3,(H,14,15). The van der Waals surface area contributed by atoms with Crippen LogP contribution in [0.1, 0.15) is 12.7 Å². The van der Waals surface area contributed by atoms with Crippen LogP contribution in [0.15, 0.2) is 5.16 Å². The Balaban J connectivity index is 2.81. The number of ether oxygens (including phenoxy) is 1. The van der Waals surface area contributed by atoms with Crippen LogP contribution in [-0.4, -0.2) is 49.9 Å². The zero-order chi connectivity index (χ0) is 12.8. The first-order valence-electron chi connectivity index (χ1n) is 4.98. The molecule has 96 valence electrons. The summed E-state index contributed by atoms with van der Waals surface area (Å²) in [4.78, 5) is 10.5. The third-order valence-electron chi connectivity index (χ3n) is 2.10. The first-order valence-corrected chi connectivity index (χ1v) is 5.97. The van der Waals surface area contributed by atoms with Crippen LogP contribution in [0.5, 0.6) is 0 Å². The van der Waals surface area contributed by atoms with E-state index in [0.29, 0.717) is 17.5 Å². The highest BCUT2D eigenvalue weighted by Gasteiger charge is 2.15. The van der Waals surface area contributed by atoms with Gasteiger partial charge in [-0.3, -0.25) is 4.79 Å². The largest absolute Gasteiger partial charge is 0.481 e. The van der Waals surface area contributed by atoms with Gasteiger partial charge in [0.05, 0.1) is 18.4 Å². The fourth-order valence-electron chi connectivity index (χ4n) is 1.18. The molecule has 17 heavy (non-hydrogen) atoms. The van der Waals surface area contributed by atoms with Crippen LogP contribution in [0.3, 0.4) is 0 Å². The molecule has 0 aromatic carbocycles. The first kappa shape index (κ1) is 13.9. The molecule has 0 spiro atoms. The van der Waals surface area contributed by atoms with E-state index in [1.165, 1.54) is 0 Å². The van der Waals surface area contributed by atoms with Crippen molar-refractivity contribution >= 4 is 17.7 Å². The summed E-state index contributed by atoms with van der Waals surface area (Å²) >= 11 is 1.07. The van der Waals surface area contributed by atoms with E-state index in [1.807, 2.05) is 6.92 Å². The maximum absolute atomic E-state index is 10.5. The zero-order valence-corrected chi connectivity index (χ0v) is 10.5. The van der Waals surface area contributed by atoms with E-state index in [1.54, 1.807) is 11.7 Å². The lowest BCUT2D eigenvalue weighted by molar-refractivity contribution is -0.133. The van der Waals surface area contributed by atoms with Crippen molar-refractivity contribution in [3.63, 3.8) is 0 Å². The van der Waals surface area contributed by atoms with Crippen LogP contribution in [0.2, 0.25) is 0 Å². The van der Waals surface area contributed by atoms with Crippen LogP contribution in [0.25, 0.3) is 0 Å². The van der Waals surface area contributed by atoms with Crippen LogP contribution < -0.4 is 0 Å². The van der Waals surface area contributed by atoms with Gasteiger partial charge in [0.15, 0.2) is 11.0 Å². The molecule has 0 aliphatic rings. The zero-order valence-electron chi connectivity index (χ0n) is 9.66. The summed E-state index contributed by atoms with van der Waals surface area (Å²) < 4.78 is 6.79. The number of aliphatic hydroxyl groups excluding tert-OH is 1. The molecule has 0 fully saturated rings. The normalized spacial score (nSPS) is 12.6. The van der Waals surface area contributed by atoms with Crippen molar-refractivity contribution < 1.29 is 19.7 Å². The Labute approximate surface area is 103 Å². The number of aliphatic hydroxyl groups is 1. The maximum atomic E-state index is 10.5. The summed E-state index contributed by atoms with van der Waals surface area (Å²) in [6, 6.07) is 0. The van der Waals surface area contributed by atoms with Gasteiger partial charge in [0.2, 0.25) is 0 Å². The van der Waals surface area contributed by atoms with Crippen LogP contribution in [-0.2, 0) is 22.7 Å². The number of methoxy groups -OCH3 is 1. The highest BCUT2D eigenvalue weighted by atomic mass is 32.2. The SMILES string of the molecule is COC(C)Cn1c(CO)nnc1SCC(=O)O. The van der Waals surface area contributed by atoms with E-state index < -0.39 is 5.97 Å². The number of carboxylic acid groups (broad SMARTS) is 1. The van der Waals surface area contributed by atoms with Crippen molar-refractivity contribution in [3.05, 3.63) is 5.82 Å². The van der Waals surface area contributed by atoms with E-state index >= 15 is 0 Å². The summed E-state index contributed by atoms with van der Waals surface area (Å²) in [6.07, 6.45) is -0.0690. The lowest BCUT2D eigenvalue weighted by Crippen LogP contribution is -2.18. The Morgan fingerprint density at radius 2 is 2.29 bits per heavy atom. The van der Waals surface area contributed by atoms with E-state index in [9.17, 15) is 4.79 Å². The van der Waals surface area contributed by atoms with Crippen molar-refractivity contribution in [1.29, 1.82) is 0 Å². The van der Waals surface area contributed by atoms with Gasteiger partial charge < -0.3 is 19.5 Å². The molecule has 0 radical (unpaired) electrons. The topological polar surface area (TPSA) is 97.5 Å². The van der Waals surface area contributed by atoms with Gasteiger partial charge in [0, 0.05) is 7.11 Å². The lowest BCUT2D eigenvalue weighted by Gasteiger charge is -2.13. The highest BCUT2D eigenvalue weighted by molar-refractivity contribution is 7.99. The number of nitrogens with zero attached hydrogens (tertiary/aromatic N) is 3. The molecule has 0 bridgehead atoms. The average Bonchev–Trinajstić information content (AvgIpc) is 2.68. The Bertz CT molecular complexity index is 382. The van der Waals surface area contributed by atoms with Gasteiger partial charge >= 0.3 is 5.97 Å². The van der Waals surface area contributed by atoms with E-state index in [2.05, 4.69) is 10.2 Å². The second-order valence-corrected chi connectivity index (χ2v) is 4.34. The second kappa shape index (κ2) is 6.58. The third kappa shape index (κ3) is 3.99. The van der Waals surface area contributed by atoms with Gasteiger partial charge in [-0.1, -0.05) is 11.8 Å². The quantitative estimate of drug-likeness (QED) is 0.666. The predicted molar refractivity (Wildman–Crippen MR) is 60.8 cm³/mol. The molecule has 0 aliphatic heterocycles. The van der Waals surface area contributed by atoms with E-state index in [4.69, 9.17) is 14.9 Å². The summed E-state index contributed by atoms with van der Waals surface area (Å²) in [7, 11) is 1.58. The van der Waals surface area contributed by atoms with Gasteiger partial charge in [0.25, 0.3) is 0 Å². The molecule has 1 heterocycles. The van der Waals surface area contributed by atoms with E-state index in [-0.39, 0.29) is 18.5 Å². The fourth-order valence-corrected chi connectivity index (χ4v) is 1.87. The molecular formula is C9H15N3O4S. The van der Waals surface area contributed by atoms with E-state index in [0.717, 1.165) is 11.8 Å². The molecule has 8 heteroatoms.